The van der Waals surface area contributed by atoms with Crippen molar-refractivity contribution >= 4 is 0 Å². The van der Waals surface area contributed by atoms with Crippen molar-refractivity contribution in [3.8, 4) is 0 Å². The van der Waals surface area contributed by atoms with Crippen molar-refractivity contribution in [2.75, 3.05) is 0 Å². The van der Waals surface area contributed by atoms with Gasteiger partial charge in [-0.1, -0.05) is 13.5 Å². The van der Waals surface area contributed by atoms with Gasteiger partial charge in [-0.05, 0) is 24.5 Å². The van der Waals surface area contributed by atoms with Gasteiger partial charge in [-0.2, -0.15) is 0 Å². The minimum Gasteiger partial charge on any atom is -0.476 e. The molecular weight excluding hydrogens is 138 g/mol. The average molecular weight is 153 g/mol. The average Bonchev–Trinajstić information content (AvgIpc) is 2.04. The first kappa shape index (κ1) is 8.34. The molecule has 0 aliphatic carbocycles. The maximum Gasteiger partial charge on any atom is 0.148 e. The highest BCUT2D eigenvalue weighted by atomic mass is 16.5. The van der Waals surface area contributed by atoms with Gasteiger partial charge in [-0.25, -0.2) is 0 Å². The number of allylic oxidation sites excluding steroid dienone is 2. The number of nitrogens with two attached hydrogens (primary N) is 1. The fraction of sp³-hybridized carbons (Fsp3) is 0.556. The number of rotatable bonds is 2. The zero-order chi connectivity index (χ0) is 8.27. The third kappa shape index (κ3) is 1.84. The van der Waals surface area contributed by atoms with E-state index in [1.807, 2.05) is 0 Å². The lowest BCUT2D eigenvalue weighted by atomic mass is 10.0. The molecule has 1 unspecified atom stereocenters. The zero-order valence-corrected chi connectivity index (χ0v) is 6.97. The van der Waals surface area contributed by atoms with Crippen molar-refractivity contribution in [1.82, 2.24) is 0 Å². The lowest BCUT2D eigenvalue weighted by molar-refractivity contribution is 0.104. The molecule has 2 heteroatoms. The normalized spacial score (nSPS) is 24.7. The van der Waals surface area contributed by atoms with E-state index in [-0.39, 0.29) is 6.23 Å². The van der Waals surface area contributed by atoms with Gasteiger partial charge in [0.2, 0.25) is 0 Å². The maximum absolute atomic E-state index is 5.61. The lowest BCUT2D eigenvalue weighted by Gasteiger charge is -2.23. The molecule has 0 radical (unpaired) electrons. The van der Waals surface area contributed by atoms with E-state index in [4.69, 9.17) is 10.5 Å². The molecule has 1 aliphatic heterocycles. The molecule has 0 aromatic rings. The van der Waals surface area contributed by atoms with Gasteiger partial charge in [0, 0.05) is 6.42 Å². The largest absolute Gasteiger partial charge is 0.476 e. The van der Waals surface area contributed by atoms with Crippen LogP contribution in [0.5, 0.6) is 0 Å². The monoisotopic (exact) mass is 153 g/mol. The third-order valence-electron chi connectivity index (χ3n) is 1.97. The summed E-state index contributed by atoms with van der Waals surface area (Å²) < 4.78 is 5.38. The molecular formula is C9H15NO. The summed E-state index contributed by atoms with van der Waals surface area (Å²) in [6.07, 6.45) is 4.64. The van der Waals surface area contributed by atoms with Crippen molar-refractivity contribution in [2.24, 2.45) is 5.73 Å². The highest BCUT2D eigenvalue weighted by Crippen LogP contribution is 2.24. The van der Waals surface area contributed by atoms with Crippen LogP contribution in [0.2, 0.25) is 0 Å². The smallest absolute Gasteiger partial charge is 0.148 e. The first-order valence-corrected chi connectivity index (χ1v) is 4.04. The van der Waals surface area contributed by atoms with Gasteiger partial charge < -0.3 is 4.74 Å². The Morgan fingerprint density at radius 2 is 2.55 bits per heavy atom. The van der Waals surface area contributed by atoms with Crippen molar-refractivity contribution in [3.05, 3.63) is 24.0 Å². The Labute approximate surface area is 67.7 Å². The van der Waals surface area contributed by atoms with Crippen LogP contribution in [-0.4, -0.2) is 6.23 Å². The standard InChI is InChI=1S/C9H15NO/c1-3-7-5-6-9(10)11-8(7)4-2/h4,9H,2-3,5-6,10H2,1H3. The summed E-state index contributed by atoms with van der Waals surface area (Å²) in [4.78, 5) is 0. The van der Waals surface area contributed by atoms with Gasteiger partial charge >= 0.3 is 0 Å². The number of ether oxygens (including phenoxy) is 1. The van der Waals surface area contributed by atoms with E-state index < -0.39 is 0 Å². The molecule has 2 nitrogen and oxygen atoms in total. The van der Waals surface area contributed by atoms with Crippen LogP contribution in [0.1, 0.15) is 26.2 Å². The zero-order valence-electron chi connectivity index (χ0n) is 6.97. The van der Waals surface area contributed by atoms with Crippen molar-refractivity contribution in [2.45, 2.75) is 32.4 Å². The second-order valence-electron chi connectivity index (χ2n) is 2.72. The lowest BCUT2D eigenvalue weighted by Crippen LogP contribution is -2.26. The molecule has 62 valence electrons. The second-order valence-corrected chi connectivity index (χ2v) is 2.72. The van der Waals surface area contributed by atoms with Crippen molar-refractivity contribution in [3.63, 3.8) is 0 Å². The summed E-state index contributed by atoms with van der Waals surface area (Å²) in [7, 11) is 0. The molecule has 0 aromatic heterocycles. The molecule has 2 N–H and O–H groups in total. The van der Waals surface area contributed by atoms with E-state index in [0.29, 0.717) is 0 Å². The summed E-state index contributed by atoms with van der Waals surface area (Å²) >= 11 is 0. The van der Waals surface area contributed by atoms with Crippen LogP contribution >= 0.6 is 0 Å². The van der Waals surface area contributed by atoms with Crippen LogP contribution in [0.25, 0.3) is 0 Å². The highest BCUT2D eigenvalue weighted by molar-refractivity contribution is 5.20. The van der Waals surface area contributed by atoms with Crippen LogP contribution in [0.4, 0.5) is 0 Å². The van der Waals surface area contributed by atoms with Crippen LogP contribution in [-0.2, 0) is 4.74 Å². The van der Waals surface area contributed by atoms with E-state index in [1.165, 1.54) is 5.57 Å². The summed E-state index contributed by atoms with van der Waals surface area (Å²) in [5.41, 5.74) is 6.95. The molecule has 1 rings (SSSR count). The van der Waals surface area contributed by atoms with E-state index in [9.17, 15) is 0 Å². The van der Waals surface area contributed by atoms with Crippen molar-refractivity contribution < 1.29 is 4.74 Å². The van der Waals surface area contributed by atoms with Gasteiger partial charge in [-0.3, -0.25) is 5.73 Å². The first-order valence-electron chi connectivity index (χ1n) is 4.04. The molecule has 0 fully saturated rings. The second kappa shape index (κ2) is 3.58. The molecule has 0 spiro atoms. The summed E-state index contributed by atoms with van der Waals surface area (Å²) in [6, 6.07) is 0. The Balaban J connectivity index is 2.74. The Morgan fingerprint density at radius 1 is 1.82 bits per heavy atom. The molecule has 0 bridgehead atoms. The van der Waals surface area contributed by atoms with E-state index in [1.54, 1.807) is 6.08 Å². The predicted molar refractivity (Wildman–Crippen MR) is 45.8 cm³/mol. The summed E-state index contributed by atoms with van der Waals surface area (Å²) in [5.74, 6) is 0.895. The van der Waals surface area contributed by atoms with Gasteiger partial charge in [-0.15, -0.1) is 0 Å². The van der Waals surface area contributed by atoms with E-state index in [0.717, 1.165) is 25.0 Å². The molecule has 0 amide bonds. The van der Waals surface area contributed by atoms with Crippen LogP contribution in [0.3, 0.4) is 0 Å². The summed E-state index contributed by atoms with van der Waals surface area (Å²) in [5, 5.41) is 0. The quantitative estimate of drug-likeness (QED) is 0.658. The summed E-state index contributed by atoms with van der Waals surface area (Å²) in [6.45, 7) is 5.80. The topological polar surface area (TPSA) is 35.2 Å². The van der Waals surface area contributed by atoms with Crippen LogP contribution in [0.15, 0.2) is 24.0 Å². The fourth-order valence-corrected chi connectivity index (χ4v) is 1.29. The minimum atomic E-state index is -0.127. The fourth-order valence-electron chi connectivity index (χ4n) is 1.29. The SMILES string of the molecule is C=CC1=C(CC)CCC(N)O1. The number of hydrogen-bond acceptors (Lipinski definition) is 2. The Hall–Kier alpha value is -0.760. The molecule has 0 aromatic carbocycles. The molecule has 0 saturated carbocycles. The van der Waals surface area contributed by atoms with Gasteiger partial charge in [0.05, 0.1) is 0 Å². The highest BCUT2D eigenvalue weighted by Gasteiger charge is 2.15. The molecule has 11 heavy (non-hydrogen) atoms. The third-order valence-corrected chi connectivity index (χ3v) is 1.97. The predicted octanol–water partition coefficient (Wildman–Crippen LogP) is 1.93. The van der Waals surface area contributed by atoms with E-state index >= 15 is 0 Å². The molecule has 1 heterocycles. The Kier molecular flexibility index (Phi) is 2.71. The molecule has 1 atom stereocenters. The first-order chi connectivity index (χ1) is 5.27. The van der Waals surface area contributed by atoms with Crippen LogP contribution in [0, 0.1) is 0 Å². The van der Waals surface area contributed by atoms with Gasteiger partial charge in [0.15, 0.2) is 0 Å². The Bertz CT molecular complexity index is 184. The minimum absolute atomic E-state index is 0.127. The molecule has 1 aliphatic rings. The van der Waals surface area contributed by atoms with Crippen molar-refractivity contribution in [1.29, 1.82) is 0 Å². The molecule has 0 saturated heterocycles. The van der Waals surface area contributed by atoms with Gasteiger partial charge in [0.25, 0.3) is 0 Å². The van der Waals surface area contributed by atoms with E-state index in [2.05, 4.69) is 13.5 Å². The Morgan fingerprint density at radius 3 is 3.09 bits per heavy atom. The number of hydrogen-bond donors (Lipinski definition) is 1. The maximum atomic E-state index is 5.61. The van der Waals surface area contributed by atoms with Crippen LogP contribution < -0.4 is 5.73 Å². The van der Waals surface area contributed by atoms with Gasteiger partial charge in [0.1, 0.15) is 12.0 Å².